The summed E-state index contributed by atoms with van der Waals surface area (Å²) in [6.45, 7) is 0. The van der Waals surface area contributed by atoms with Gasteiger partial charge in [-0.3, -0.25) is 0 Å². The molecule has 3 nitrogen and oxygen atoms in total. The highest BCUT2D eigenvalue weighted by Gasteiger charge is 2.14. The van der Waals surface area contributed by atoms with Crippen LogP contribution in [0.3, 0.4) is 0 Å². The van der Waals surface area contributed by atoms with E-state index in [0.717, 1.165) is 4.88 Å². The second-order valence-electron chi connectivity index (χ2n) is 2.80. The van der Waals surface area contributed by atoms with E-state index in [9.17, 15) is 15.3 Å². The van der Waals surface area contributed by atoms with Gasteiger partial charge < -0.3 is 15.3 Å². The minimum absolute atomic E-state index is 0.0391. The van der Waals surface area contributed by atoms with E-state index < -0.39 is 0 Å². The minimum Gasteiger partial charge on any atom is -0.507 e. The number of phenols is 3. The van der Waals surface area contributed by atoms with Crippen LogP contribution in [-0.2, 0) is 0 Å². The second kappa shape index (κ2) is 3.23. The van der Waals surface area contributed by atoms with Crippen LogP contribution in [0.25, 0.3) is 10.4 Å². The first kappa shape index (κ1) is 8.90. The van der Waals surface area contributed by atoms with Gasteiger partial charge in [0.15, 0.2) is 11.5 Å². The molecular formula is C10H8O3S. The maximum atomic E-state index is 9.55. The highest BCUT2D eigenvalue weighted by atomic mass is 32.1. The van der Waals surface area contributed by atoms with E-state index in [1.807, 2.05) is 11.4 Å². The summed E-state index contributed by atoms with van der Waals surface area (Å²) in [7, 11) is 0. The molecular weight excluding hydrogens is 200 g/mol. The highest BCUT2D eigenvalue weighted by Crippen LogP contribution is 2.44. The zero-order valence-corrected chi connectivity index (χ0v) is 7.95. The summed E-state index contributed by atoms with van der Waals surface area (Å²) in [4.78, 5) is 0.718. The Kier molecular flexibility index (Phi) is 2.05. The Morgan fingerprint density at radius 3 is 2.29 bits per heavy atom. The Labute approximate surface area is 84.5 Å². The quantitative estimate of drug-likeness (QED) is 0.498. The van der Waals surface area contributed by atoms with Gasteiger partial charge in [-0.25, -0.2) is 0 Å². The van der Waals surface area contributed by atoms with Crippen LogP contribution in [0.1, 0.15) is 0 Å². The Morgan fingerprint density at radius 2 is 1.64 bits per heavy atom. The van der Waals surface area contributed by atoms with Crippen LogP contribution in [0.2, 0.25) is 0 Å². The van der Waals surface area contributed by atoms with E-state index >= 15 is 0 Å². The summed E-state index contributed by atoms with van der Waals surface area (Å²) in [5, 5.41) is 30.2. The summed E-state index contributed by atoms with van der Waals surface area (Å²) in [6, 6.07) is 6.17. The summed E-state index contributed by atoms with van der Waals surface area (Å²) >= 11 is 1.38. The van der Waals surface area contributed by atoms with Crippen molar-refractivity contribution in [3.63, 3.8) is 0 Å². The number of aromatic hydroxyl groups is 3. The number of rotatable bonds is 1. The third-order valence-corrected chi connectivity index (χ3v) is 2.79. The first-order valence-corrected chi connectivity index (χ1v) is 4.86. The van der Waals surface area contributed by atoms with Crippen LogP contribution in [0.5, 0.6) is 17.2 Å². The van der Waals surface area contributed by atoms with Crippen molar-refractivity contribution in [1.29, 1.82) is 0 Å². The van der Waals surface area contributed by atoms with E-state index in [2.05, 4.69) is 0 Å². The Hall–Kier alpha value is -1.68. The lowest BCUT2D eigenvalue weighted by Gasteiger charge is -2.06. The fourth-order valence-electron chi connectivity index (χ4n) is 1.23. The van der Waals surface area contributed by atoms with Crippen molar-refractivity contribution in [2.75, 3.05) is 0 Å². The largest absolute Gasteiger partial charge is 0.507 e. The van der Waals surface area contributed by atoms with Crippen molar-refractivity contribution >= 4 is 11.3 Å². The van der Waals surface area contributed by atoms with Crippen LogP contribution >= 0.6 is 11.3 Å². The van der Waals surface area contributed by atoms with E-state index in [1.54, 1.807) is 6.07 Å². The van der Waals surface area contributed by atoms with Crippen LogP contribution in [0.4, 0.5) is 0 Å². The molecule has 0 aliphatic carbocycles. The maximum absolute atomic E-state index is 9.55. The molecule has 0 radical (unpaired) electrons. The van der Waals surface area contributed by atoms with Gasteiger partial charge in [-0.1, -0.05) is 6.07 Å². The molecule has 3 N–H and O–H groups in total. The van der Waals surface area contributed by atoms with E-state index in [4.69, 9.17) is 0 Å². The van der Waals surface area contributed by atoms with Crippen molar-refractivity contribution in [3.05, 3.63) is 29.6 Å². The Balaban J connectivity index is 2.69. The number of phenolic OH excluding ortho intramolecular Hbond substituents is 3. The third-order valence-electron chi connectivity index (χ3n) is 1.90. The molecule has 14 heavy (non-hydrogen) atoms. The molecule has 0 bridgehead atoms. The van der Waals surface area contributed by atoms with Crippen LogP contribution < -0.4 is 0 Å². The molecule has 0 spiro atoms. The number of benzene rings is 1. The van der Waals surface area contributed by atoms with Crippen molar-refractivity contribution < 1.29 is 15.3 Å². The molecule has 0 saturated carbocycles. The normalized spacial score (nSPS) is 10.3. The lowest BCUT2D eigenvalue weighted by molar-refractivity contribution is 0.399. The molecule has 0 unspecified atom stereocenters. The van der Waals surface area contributed by atoms with Gasteiger partial charge in [-0.2, -0.15) is 0 Å². The monoisotopic (exact) mass is 208 g/mol. The number of hydrogen-bond donors (Lipinski definition) is 3. The van der Waals surface area contributed by atoms with Gasteiger partial charge in [0.05, 0.1) is 5.56 Å². The molecule has 1 aromatic carbocycles. The maximum Gasteiger partial charge on any atom is 0.170 e. The minimum atomic E-state index is -0.285. The third kappa shape index (κ3) is 1.29. The van der Waals surface area contributed by atoms with Gasteiger partial charge >= 0.3 is 0 Å². The van der Waals surface area contributed by atoms with Crippen molar-refractivity contribution in [3.8, 4) is 27.7 Å². The molecule has 0 atom stereocenters. The van der Waals surface area contributed by atoms with Gasteiger partial charge in [0.2, 0.25) is 0 Å². The Bertz CT molecular complexity index is 449. The van der Waals surface area contributed by atoms with Crippen molar-refractivity contribution in [1.82, 2.24) is 0 Å². The van der Waals surface area contributed by atoms with Crippen LogP contribution in [0.15, 0.2) is 29.6 Å². The molecule has 1 aromatic heterocycles. The van der Waals surface area contributed by atoms with Crippen LogP contribution in [-0.4, -0.2) is 15.3 Å². The first-order valence-electron chi connectivity index (χ1n) is 3.98. The fourth-order valence-corrected chi connectivity index (χ4v) is 2.01. The standard InChI is InChI=1S/C10H8O3S/c11-6-3-4-7(12)10(13)9(6)8-2-1-5-14-8/h1-5,11-13H. The van der Waals surface area contributed by atoms with Gasteiger partial charge in [0.25, 0.3) is 0 Å². The van der Waals surface area contributed by atoms with Crippen molar-refractivity contribution in [2.45, 2.75) is 0 Å². The molecule has 0 aliphatic rings. The molecule has 1 heterocycles. The zero-order valence-electron chi connectivity index (χ0n) is 7.14. The van der Waals surface area contributed by atoms with Crippen molar-refractivity contribution in [2.24, 2.45) is 0 Å². The predicted octanol–water partition coefficient (Wildman–Crippen LogP) is 2.53. The van der Waals surface area contributed by atoms with E-state index in [0.29, 0.717) is 0 Å². The molecule has 0 saturated heterocycles. The second-order valence-corrected chi connectivity index (χ2v) is 3.75. The molecule has 2 aromatic rings. The average Bonchev–Trinajstić information content (AvgIpc) is 2.65. The molecule has 2 rings (SSSR count). The van der Waals surface area contributed by atoms with Crippen LogP contribution in [0, 0.1) is 0 Å². The number of thiophene rings is 1. The van der Waals surface area contributed by atoms with Gasteiger partial charge in [0.1, 0.15) is 5.75 Å². The highest BCUT2D eigenvalue weighted by molar-refractivity contribution is 7.13. The average molecular weight is 208 g/mol. The van der Waals surface area contributed by atoms with Gasteiger partial charge in [0, 0.05) is 4.88 Å². The summed E-state index contributed by atoms with van der Waals surface area (Å²) < 4.78 is 0. The van der Waals surface area contributed by atoms with Gasteiger partial charge in [-0.05, 0) is 23.6 Å². The summed E-state index contributed by atoms with van der Waals surface area (Å²) in [5.74, 6) is -0.554. The van der Waals surface area contributed by atoms with E-state index in [-0.39, 0.29) is 22.8 Å². The summed E-state index contributed by atoms with van der Waals surface area (Å²) in [5.41, 5.74) is 0.278. The van der Waals surface area contributed by atoms with Gasteiger partial charge in [-0.15, -0.1) is 11.3 Å². The molecule has 0 aliphatic heterocycles. The molecule has 4 heteroatoms. The zero-order chi connectivity index (χ0) is 10.1. The SMILES string of the molecule is Oc1ccc(O)c(-c2cccs2)c1O. The lowest BCUT2D eigenvalue weighted by atomic mass is 10.1. The molecule has 72 valence electrons. The molecule has 0 fully saturated rings. The predicted molar refractivity (Wildman–Crippen MR) is 54.7 cm³/mol. The Morgan fingerprint density at radius 1 is 0.929 bits per heavy atom. The van der Waals surface area contributed by atoms with E-state index in [1.165, 1.54) is 23.5 Å². The molecule has 0 amide bonds. The fraction of sp³-hybridized carbons (Fsp3) is 0. The first-order chi connectivity index (χ1) is 6.70. The lowest BCUT2D eigenvalue weighted by Crippen LogP contribution is -1.77. The number of hydrogen-bond acceptors (Lipinski definition) is 4. The smallest absolute Gasteiger partial charge is 0.170 e. The topological polar surface area (TPSA) is 60.7 Å². The summed E-state index contributed by atoms with van der Waals surface area (Å²) in [6.07, 6.45) is 0.